The van der Waals surface area contributed by atoms with Crippen molar-refractivity contribution in [3.8, 4) is 6.19 Å². The zero-order valence-electron chi connectivity index (χ0n) is 17.3. The average molecular weight is 426 g/mol. The number of nitriles is 1. The van der Waals surface area contributed by atoms with Gasteiger partial charge in [-0.2, -0.15) is 5.26 Å². The Kier molecular flexibility index (Phi) is 7.03. The minimum absolute atomic E-state index is 0.107. The number of guanidine groups is 1. The van der Waals surface area contributed by atoms with E-state index in [1.54, 1.807) is 35.4 Å². The van der Waals surface area contributed by atoms with Crippen LogP contribution in [0.25, 0.3) is 0 Å². The summed E-state index contributed by atoms with van der Waals surface area (Å²) in [5.74, 6) is -0.547. The third kappa shape index (κ3) is 5.48. The van der Waals surface area contributed by atoms with Crippen molar-refractivity contribution in [1.29, 1.82) is 5.26 Å². The Morgan fingerprint density at radius 1 is 1.16 bits per heavy atom. The van der Waals surface area contributed by atoms with E-state index in [1.165, 1.54) is 24.3 Å². The molecule has 1 saturated heterocycles. The largest absolute Gasteiger partial charge is 0.335 e. The monoisotopic (exact) mass is 426 g/mol. The van der Waals surface area contributed by atoms with Crippen molar-refractivity contribution in [2.75, 3.05) is 30.3 Å². The Morgan fingerprint density at radius 3 is 2.61 bits per heavy atom. The molecule has 2 aromatic rings. The number of nitrogens with zero attached hydrogens (tertiary/aromatic N) is 4. The van der Waals surface area contributed by atoms with Crippen LogP contribution >= 0.6 is 0 Å². The van der Waals surface area contributed by atoms with Crippen molar-refractivity contribution >= 4 is 23.4 Å². The Hall–Kier alpha value is -3.67. The predicted molar refractivity (Wildman–Crippen MR) is 115 cm³/mol. The number of carbonyl (C=O) groups is 1. The van der Waals surface area contributed by atoms with Crippen LogP contribution in [0.15, 0.2) is 53.5 Å². The van der Waals surface area contributed by atoms with Gasteiger partial charge in [-0.05, 0) is 36.2 Å². The van der Waals surface area contributed by atoms with Crippen LogP contribution in [0, 0.1) is 29.0 Å². The summed E-state index contributed by atoms with van der Waals surface area (Å²) in [6.07, 6.45) is 1.77. The van der Waals surface area contributed by atoms with Gasteiger partial charge in [0, 0.05) is 25.3 Å². The zero-order chi connectivity index (χ0) is 22.4. The molecule has 2 amide bonds. The highest BCUT2D eigenvalue weighted by Gasteiger charge is 2.34. The smallest absolute Gasteiger partial charge is 0.321 e. The van der Waals surface area contributed by atoms with Crippen molar-refractivity contribution in [3.05, 3.63) is 60.2 Å². The Bertz CT molecular complexity index is 1000. The van der Waals surface area contributed by atoms with Crippen LogP contribution in [-0.2, 0) is 0 Å². The number of carbonyl (C=O) groups excluding carboxylic acids is 1. The number of benzene rings is 2. The van der Waals surface area contributed by atoms with Crippen LogP contribution in [0.3, 0.4) is 0 Å². The second kappa shape index (κ2) is 9.89. The molecule has 2 N–H and O–H groups in total. The average Bonchev–Trinajstić information content (AvgIpc) is 2.74. The fourth-order valence-electron chi connectivity index (χ4n) is 3.49. The van der Waals surface area contributed by atoms with Gasteiger partial charge in [-0.3, -0.25) is 0 Å². The minimum Gasteiger partial charge on any atom is -0.335 e. The fourth-order valence-corrected chi connectivity index (χ4v) is 3.49. The molecular formula is C22H24F2N6O. The topological polar surface area (TPSA) is 83.8 Å². The van der Waals surface area contributed by atoms with Crippen molar-refractivity contribution in [2.45, 2.75) is 19.9 Å². The lowest BCUT2D eigenvalue weighted by Gasteiger charge is -2.44. The lowest BCUT2D eigenvalue weighted by molar-refractivity contribution is 0.120. The summed E-state index contributed by atoms with van der Waals surface area (Å²) in [6, 6.07) is 11.3. The number of nitrogens with one attached hydrogen (secondary N) is 2. The number of para-hydroxylation sites is 1. The number of halogens is 2. The van der Waals surface area contributed by atoms with E-state index in [-0.39, 0.29) is 29.6 Å². The highest BCUT2D eigenvalue weighted by atomic mass is 19.1. The number of hydrogen-bond acceptors (Lipinski definition) is 3. The zero-order valence-corrected chi connectivity index (χ0v) is 17.3. The maximum Gasteiger partial charge on any atom is 0.321 e. The van der Waals surface area contributed by atoms with Crippen LogP contribution in [0.2, 0.25) is 0 Å². The van der Waals surface area contributed by atoms with E-state index in [1.807, 2.05) is 18.7 Å². The summed E-state index contributed by atoms with van der Waals surface area (Å²) < 4.78 is 27.5. The van der Waals surface area contributed by atoms with Gasteiger partial charge >= 0.3 is 6.03 Å². The molecule has 1 fully saturated rings. The van der Waals surface area contributed by atoms with Crippen LogP contribution in [0.1, 0.15) is 13.8 Å². The molecule has 0 bridgehead atoms. The molecule has 1 aliphatic heterocycles. The number of amides is 2. The number of hydrogen-bond donors (Lipinski definition) is 2. The maximum absolute atomic E-state index is 14.1. The van der Waals surface area contributed by atoms with Gasteiger partial charge in [0.1, 0.15) is 11.6 Å². The number of anilines is 2. The first-order valence-corrected chi connectivity index (χ1v) is 9.95. The molecular weight excluding hydrogens is 402 g/mol. The van der Waals surface area contributed by atoms with Crippen molar-refractivity contribution < 1.29 is 13.6 Å². The first-order chi connectivity index (χ1) is 14.9. The molecule has 2 aromatic carbocycles. The Morgan fingerprint density at radius 2 is 1.94 bits per heavy atom. The lowest BCUT2D eigenvalue weighted by Crippen LogP contribution is -2.60. The Labute approximate surface area is 180 Å². The van der Waals surface area contributed by atoms with Crippen LogP contribution in [-0.4, -0.2) is 47.5 Å². The first-order valence-electron chi connectivity index (χ1n) is 9.95. The summed E-state index contributed by atoms with van der Waals surface area (Å²) in [6.45, 7) is 5.11. The number of rotatable bonds is 3. The van der Waals surface area contributed by atoms with Crippen LogP contribution in [0.4, 0.5) is 25.0 Å². The molecule has 1 aliphatic rings. The number of aliphatic imine (C=N–C) groups is 1. The summed E-state index contributed by atoms with van der Waals surface area (Å²) in [4.78, 5) is 20.1. The molecule has 31 heavy (non-hydrogen) atoms. The molecule has 0 spiro atoms. The van der Waals surface area contributed by atoms with Crippen molar-refractivity contribution in [3.63, 3.8) is 0 Å². The minimum atomic E-state index is -0.456. The van der Waals surface area contributed by atoms with Gasteiger partial charge in [0.25, 0.3) is 0 Å². The first kappa shape index (κ1) is 22.0. The summed E-state index contributed by atoms with van der Waals surface area (Å²) in [5, 5.41) is 14.8. The normalized spacial score (nSPS) is 16.8. The van der Waals surface area contributed by atoms with Gasteiger partial charge in [-0.1, -0.05) is 32.0 Å². The van der Waals surface area contributed by atoms with E-state index in [4.69, 9.17) is 5.26 Å². The standard InChI is InChI=1S/C22H24F2N6O/c1-15(2)20-13-29(22(31)27-17-7-5-6-16(23)12-17)10-11-30(20)21(26-14-25)28-19-9-4-3-8-18(19)24/h3-9,12,15,20H,10-11,13H2,1-2H3,(H,26,28)(H,27,31). The SMILES string of the molecule is CC(C)C1CN(C(=O)Nc2cccc(F)c2)CCN1/C(=N/C#N)Nc1ccccc1F. The fraction of sp³-hybridized carbons (Fsp3) is 0.318. The van der Waals surface area contributed by atoms with Gasteiger partial charge < -0.3 is 20.4 Å². The van der Waals surface area contributed by atoms with E-state index in [0.29, 0.717) is 25.3 Å². The molecule has 1 heterocycles. The molecule has 3 rings (SSSR count). The molecule has 0 saturated carbocycles. The van der Waals surface area contributed by atoms with E-state index >= 15 is 0 Å². The van der Waals surface area contributed by atoms with Crippen molar-refractivity contribution in [2.24, 2.45) is 10.9 Å². The van der Waals surface area contributed by atoms with Crippen LogP contribution < -0.4 is 10.6 Å². The molecule has 1 unspecified atom stereocenters. The van der Waals surface area contributed by atoms with Crippen LogP contribution in [0.5, 0.6) is 0 Å². The van der Waals surface area contributed by atoms with E-state index in [0.717, 1.165) is 0 Å². The van der Waals surface area contributed by atoms with Gasteiger partial charge in [-0.25, -0.2) is 13.6 Å². The summed E-state index contributed by atoms with van der Waals surface area (Å²) >= 11 is 0. The lowest BCUT2D eigenvalue weighted by atomic mass is 10.00. The van der Waals surface area contributed by atoms with E-state index < -0.39 is 11.6 Å². The van der Waals surface area contributed by atoms with Gasteiger partial charge in [0.2, 0.25) is 12.2 Å². The molecule has 0 aliphatic carbocycles. The molecule has 7 nitrogen and oxygen atoms in total. The molecule has 0 aromatic heterocycles. The van der Waals surface area contributed by atoms with Crippen molar-refractivity contribution in [1.82, 2.24) is 9.80 Å². The van der Waals surface area contributed by atoms with E-state index in [2.05, 4.69) is 15.6 Å². The van der Waals surface area contributed by atoms with Gasteiger partial charge in [0.05, 0.1) is 11.7 Å². The number of piperazine rings is 1. The van der Waals surface area contributed by atoms with Gasteiger partial charge in [-0.15, -0.1) is 4.99 Å². The molecule has 1 atom stereocenters. The Balaban J connectivity index is 1.75. The second-order valence-corrected chi connectivity index (χ2v) is 7.53. The molecule has 9 heteroatoms. The highest BCUT2D eigenvalue weighted by molar-refractivity contribution is 5.95. The van der Waals surface area contributed by atoms with Gasteiger partial charge in [0.15, 0.2) is 0 Å². The third-order valence-electron chi connectivity index (χ3n) is 5.10. The molecule has 0 radical (unpaired) electrons. The second-order valence-electron chi connectivity index (χ2n) is 7.53. The predicted octanol–water partition coefficient (Wildman–Crippen LogP) is 4.09. The highest BCUT2D eigenvalue weighted by Crippen LogP contribution is 2.21. The number of urea groups is 1. The quantitative estimate of drug-likeness (QED) is 0.440. The maximum atomic E-state index is 14.1. The third-order valence-corrected chi connectivity index (χ3v) is 5.10. The van der Waals surface area contributed by atoms with E-state index in [9.17, 15) is 13.6 Å². The summed E-state index contributed by atoms with van der Waals surface area (Å²) in [5.41, 5.74) is 0.590. The summed E-state index contributed by atoms with van der Waals surface area (Å²) in [7, 11) is 0. The molecule has 162 valence electrons.